The first-order valence-corrected chi connectivity index (χ1v) is 5.13. The highest BCUT2D eigenvalue weighted by Gasteiger charge is 2.41. The van der Waals surface area contributed by atoms with Gasteiger partial charge in [-0.25, -0.2) is 0 Å². The van der Waals surface area contributed by atoms with Gasteiger partial charge in [0.1, 0.15) is 5.41 Å². The van der Waals surface area contributed by atoms with Gasteiger partial charge in [0.2, 0.25) is 5.91 Å². The lowest BCUT2D eigenvalue weighted by Crippen LogP contribution is -2.42. The highest BCUT2D eigenvalue weighted by Crippen LogP contribution is 2.37. The molecule has 84 valence electrons. The molecule has 1 aliphatic rings. The van der Waals surface area contributed by atoms with Crippen molar-refractivity contribution < 1.29 is 15.0 Å². The number of amides is 1. The fraction of sp³-hybridized carbons (Fsp3) is 0.800. The smallest absolute Gasteiger partial charge is 0.240 e. The van der Waals surface area contributed by atoms with Crippen LogP contribution in [0.25, 0.3) is 0 Å². The molecule has 0 bridgehead atoms. The maximum Gasteiger partial charge on any atom is 0.240 e. The van der Waals surface area contributed by atoms with Crippen molar-refractivity contribution >= 4 is 5.91 Å². The lowest BCUT2D eigenvalue weighted by Gasteiger charge is -2.20. The third-order valence-electron chi connectivity index (χ3n) is 2.81. The number of hydrogen-bond acceptors (Lipinski definition) is 4. The molecule has 0 saturated heterocycles. The third kappa shape index (κ3) is 2.67. The lowest BCUT2D eigenvalue weighted by atomic mass is 9.87. The zero-order valence-corrected chi connectivity index (χ0v) is 8.57. The molecule has 5 nitrogen and oxygen atoms in total. The Hall–Kier alpha value is -1.12. The molecule has 5 heteroatoms. The quantitative estimate of drug-likeness (QED) is 0.588. The fourth-order valence-electron chi connectivity index (χ4n) is 1.81. The van der Waals surface area contributed by atoms with E-state index in [4.69, 9.17) is 15.5 Å². The van der Waals surface area contributed by atoms with Gasteiger partial charge >= 0.3 is 0 Å². The van der Waals surface area contributed by atoms with Gasteiger partial charge in [-0.2, -0.15) is 5.26 Å². The summed E-state index contributed by atoms with van der Waals surface area (Å²) in [6.45, 7) is -0.390. The Morgan fingerprint density at radius 1 is 1.53 bits per heavy atom. The first kappa shape index (κ1) is 12.0. The Balaban J connectivity index is 2.48. The van der Waals surface area contributed by atoms with Gasteiger partial charge in [-0.15, -0.1) is 0 Å². The molecule has 0 aromatic heterocycles. The molecular weight excluding hydrogens is 196 g/mol. The van der Waals surface area contributed by atoms with E-state index >= 15 is 0 Å². The Bertz CT molecular complexity index is 266. The summed E-state index contributed by atoms with van der Waals surface area (Å²) >= 11 is 0. The number of aliphatic hydroxyl groups is 2. The second-order valence-electron chi connectivity index (χ2n) is 3.95. The number of aliphatic hydroxyl groups excluding tert-OH is 2. The molecule has 0 aromatic carbocycles. The molecule has 15 heavy (non-hydrogen) atoms. The first-order valence-electron chi connectivity index (χ1n) is 5.13. The van der Waals surface area contributed by atoms with Crippen LogP contribution in [0.5, 0.6) is 0 Å². The van der Waals surface area contributed by atoms with Gasteiger partial charge in [0.05, 0.1) is 18.8 Å². The van der Waals surface area contributed by atoms with Gasteiger partial charge in [-0.1, -0.05) is 12.8 Å². The monoisotopic (exact) mass is 212 g/mol. The fourth-order valence-corrected chi connectivity index (χ4v) is 1.81. The van der Waals surface area contributed by atoms with E-state index in [9.17, 15) is 4.79 Å². The minimum Gasteiger partial charge on any atom is -0.394 e. The Labute approximate surface area is 88.7 Å². The topological polar surface area (TPSA) is 93.4 Å². The van der Waals surface area contributed by atoms with E-state index in [-0.39, 0.29) is 19.1 Å². The average molecular weight is 212 g/mol. The molecule has 1 unspecified atom stereocenters. The van der Waals surface area contributed by atoms with Gasteiger partial charge in [-0.3, -0.25) is 4.79 Å². The van der Waals surface area contributed by atoms with Crippen molar-refractivity contribution in [2.75, 3.05) is 13.2 Å². The van der Waals surface area contributed by atoms with E-state index in [1.54, 1.807) is 0 Å². The minimum atomic E-state index is -0.953. The molecule has 1 aliphatic carbocycles. The molecule has 1 fully saturated rings. The molecule has 1 atom stereocenters. The predicted octanol–water partition coefficient (Wildman–Crippen LogP) is -0.460. The van der Waals surface area contributed by atoms with Gasteiger partial charge in [0, 0.05) is 6.54 Å². The van der Waals surface area contributed by atoms with Crippen molar-refractivity contribution in [2.24, 2.45) is 5.41 Å². The van der Waals surface area contributed by atoms with Crippen molar-refractivity contribution in [3.05, 3.63) is 0 Å². The van der Waals surface area contributed by atoms with E-state index in [0.717, 1.165) is 12.8 Å². The zero-order chi connectivity index (χ0) is 11.3. The third-order valence-corrected chi connectivity index (χ3v) is 2.81. The molecule has 0 radical (unpaired) electrons. The van der Waals surface area contributed by atoms with Crippen molar-refractivity contribution in [1.29, 1.82) is 5.26 Å². The van der Waals surface area contributed by atoms with Crippen molar-refractivity contribution in [1.82, 2.24) is 5.32 Å². The second kappa shape index (κ2) is 5.10. The molecule has 3 N–H and O–H groups in total. The SMILES string of the molecule is N#CC1(C(=O)NCC(O)CO)CCCC1. The number of rotatable bonds is 4. The Morgan fingerprint density at radius 3 is 2.60 bits per heavy atom. The van der Waals surface area contributed by atoms with E-state index in [2.05, 4.69) is 11.4 Å². The Kier molecular flexibility index (Phi) is 4.06. The van der Waals surface area contributed by atoms with Crippen molar-refractivity contribution in [3.63, 3.8) is 0 Å². The van der Waals surface area contributed by atoms with Crippen LogP contribution in [0.3, 0.4) is 0 Å². The molecule has 1 rings (SSSR count). The molecule has 0 aliphatic heterocycles. The maximum atomic E-state index is 11.7. The van der Waals surface area contributed by atoms with Crippen LogP contribution >= 0.6 is 0 Å². The second-order valence-corrected chi connectivity index (χ2v) is 3.95. The predicted molar refractivity (Wildman–Crippen MR) is 52.6 cm³/mol. The Morgan fingerprint density at radius 2 is 2.13 bits per heavy atom. The van der Waals surface area contributed by atoms with Crippen LogP contribution in [0, 0.1) is 16.7 Å². The summed E-state index contributed by atoms with van der Waals surface area (Å²) in [5, 5.41) is 29.1. The number of carbonyl (C=O) groups is 1. The summed E-state index contributed by atoms with van der Waals surface area (Å²) < 4.78 is 0. The van der Waals surface area contributed by atoms with Gasteiger partial charge in [0.15, 0.2) is 0 Å². The summed E-state index contributed by atoms with van der Waals surface area (Å²) in [4.78, 5) is 11.7. The molecule has 1 amide bonds. The maximum absolute atomic E-state index is 11.7. The average Bonchev–Trinajstić information content (AvgIpc) is 2.75. The van der Waals surface area contributed by atoms with Crippen molar-refractivity contribution in [3.8, 4) is 6.07 Å². The highest BCUT2D eigenvalue weighted by atomic mass is 16.3. The number of carbonyl (C=O) groups excluding carboxylic acids is 1. The summed E-state index contributed by atoms with van der Waals surface area (Å²) in [7, 11) is 0. The van der Waals surface area contributed by atoms with E-state index in [1.165, 1.54) is 0 Å². The molecule has 1 saturated carbocycles. The van der Waals surface area contributed by atoms with E-state index in [0.29, 0.717) is 12.8 Å². The summed E-state index contributed by atoms with van der Waals surface area (Å²) in [5.41, 5.74) is -0.908. The normalized spacial score (nSPS) is 20.6. The summed E-state index contributed by atoms with van der Waals surface area (Å²) in [6, 6.07) is 2.06. The minimum absolute atomic E-state index is 0.00123. The van der Waals surface area contributed by atoms with Crippen molar-refractivity contribution in [2.45, 2.75) is 31.8 Å². The first-order chi connectivity index (χ1) is 7.14. The van der Waals surface area contributed by atoms with Gasteiger partial charge in [-0.05, 0) is 12.8 Å². The lowest BCUT2D eigenvalue weighted by molar-refractivity contribution is -0.128. The van der Waals surface area contributed by atoms with Crippen LogP contribution in [-0.4, -0.2) is 35.4 Å². The molecule has 0 spiro atoms. The number of nitriles is 1. The van der Waals surface area contributed by atoms with E-state index < -0.39 is 11.5 Å². The van der Waals surface area contributed by atoms with Gasteiger partial charge < -0.3 is 15.5 Å². The van der Waals surface area contributed by atoms with Crippen LogP contribution in [-0.2, 0) is 4.79 Å². The van der Waals surface area contributed by atoms with Crippen LogP contribution in [0.4, 0.5) is 0 Å². The largest absolute Gasteiger partial charge is 0.394 e. The van der Waals surface area contributed by atoms with Crippen LogP contribution < -0.4 is 5.32 Å². The molecular formula is C10H16N2O3. The van der Waals surface area contributed by atoms with E-state index in [1.807, 2.05) is 0 Å². The standard InChI is InChI=1S/C10H16N2O3/c11-7-10(3-1-2-4-10)9(15)12-5-8(14)6-13/h8,13-14H,1-6H2,(H,12,15). The zero-order valence-electron chi connectivity index (χ0n) is 8.57. The van der Waals surface area contributed by atoms with Crippen LogP contribution in [0.1, 0.15) is 25.7 Å². The highest BCUT2D eigenvalue weighted by molar-refractivity contribution is 5.85. The number of hydrogen-bond donors (Lipinski definition) is 3. The van der Waals surface area contributed by atoms with Crippen LogP contribution in [0.15, 0.2) is 0 Å². The van der Waals surface area contributed by atoms with Crippen LogP contribution in [0.2, 0.25) is 0 Å². The summed E-state index contributed by atoms with van der Waals surface area (Å²) in [5.74, 6) is -0.324. The molecule has 0 aromatic rings. The summed E-state index contributed by atoms with van der Waals surface area (Å²) in [6.07, 6.45) is 2.01. The molecule has 0 heterocycles. The number of nitrogens with zero attached hydrogens (tertiary/aromatic N) is 1. The number of nitrogens with one attached hydrogen (secondary N) is 1. The van der Waals surface area contributed by atoms with Gasteiger partial charge in [0.25, 0.3) is 0 Å².